The average Bonchev–Trinajstić information content (AvgIpc) is 2.61. The Morgan fingerprint density at radius 2 is 1.84 bits per heavy atom. The third kappa shape index (κ3) is 6.35. The van der Waals surface area contributed by atoms with Crippen LogP contribution < -0.4 is 10.1 Å². The monoisotopic (exact) mass is 360 g/mol. The average molecular weight is 361 g/mol. The fourth-order valence-electron chi connectivity index (χ4n) is 2.90. The van der Waals surface area contributed by atoms with Crippen molar-refractivity contribution in [2.24, 2.45) is 0 Å². The van der Waals surface area contributed by atoms with Gasteiger partial charge in [0.2, 0.25) is 0 Å². The molecule has 0 saturated carbocycles. The van der Waals surface area contributed by atoms with Crippen LogP contribution in [0.3, 0.4) is 0 Å². The van der Waals surface area contributed by atoms with Crippen LogP contribution in [0.2, 0.25) is 5.02 Å². The molecule has 2 rings (SSSR count). The first-order valence-electron chi connectivity index (χ1n) is 8.97. The molecule has 3 nitrogen and oxygen atoms in total. The van der Waals surface area contributed by atoms with Crippen molar-refractivity contribution < 1.29 is 4.74 Å². The number of rotatable bonds is 10. The van der Waals surface area contributed by atoms with Gasteiger partial charge in [-0.2, -0.15) is 0 Å². The first kappa shape index (κ1) is 19.8. The fourth-order valence-corrected chi connectivity index (χ4v) is 3.16. The number of nitrogens with one attached hydrogen (secondary N) is 1. The predicted octanol–water partition coefficient (Wildman–Crippen LogP) is 4.91. The molecule has 0 fully saturated rings. The van der Waals surface area contributed by atoms with E-state index in [9.17, 15) is 0 Å². The minimum absolute atomic E-state index is 0.0604. The molecule has 0 aliphatic heterocycles. The molecule has 1 N–H and O–H groups in total. The van der Waals surface area contributed by atoms with Crippen LogP contribution in [0, 0.1) is 0 Å². The maximum Gasteiger partial charge on any atom is 0.126 e. The Kier molecular flexibility index (Phi) is 8.26. The molecule has 0 spiro atoms. The Morgan fingerprint density at radius 3 is 2.48 bits per heavy atom. The van der Waals surface area contributed by atoms with Crippen LogP contribution in [0.4, 0.5) is 0 Å². The SMILES string of the molecule is CCCN(C)Cc1ccc(OC(CCNC)c2ccccc2Cl)cc1. The summed E-state index contributed by atoms with van der Waals surface area (Å²) < 4.78 is 6.25. The number of nitrogens with zero attached hydrogens (tertiary/aromatic N) is 1. The number of hydrogen-bond donors (Lipinski definition) is 1. The Morgan fingerprint density at radius 1 is 1.12 bits per heavy atom. The van der Waals surface area contributed by atoms with E-state index in [2.05, 4.69) is 48.5 Å². The molecule has 4 heteroatoms. The van der Waals surface area contributed by atoms with Crippen LogP contribution in [0.25, 0.3) is 0 Å². The minimum Gasteiger partial charge on any atom is -0.486 e. The van der Waals surface area contributed by atoms with Gasteiger partial charge in [-0.3, -0.25) is 0 Å². The predicted molar refractivity (Wildman–Crippen MR) is 106 cm³/mol. The van der Waals surface area contributed by atoms with Gasteiger partial charge in [0.25, 0.3) is 0 Å². The van der Waals surface area contributed by atoms with Gasteiger partial charge in [-0.15, -0.1) is 0 Å². The quantitative estimate of drug-likeness (QED) is 0.651. The molecule has 0 saturated heterocycles. The summed E-state index contributed by atoms with van der Waals surface area (Å²) in [4.78, 5) is 2.33. The molecule has 1 atom stereocenters. The van der Waals surface area contributed by atoms with Crippen LogP contribution in [0.5, 0.6) is 5.75 Å². The van der Waals surface area contributed by atoms with Gasteiger partial charge in [0.1, 0.15) is 11.9 Å². The highest BCUT2D eigenvalue weighted by Crippen LogP contribution is 2.30. The van der Waals surface area contributed by atoms with Gasteiger partial charge in [-0.05, 0) is 57.4 Å². The molecular formula is C21H29ClN2O. The minimum atomic E-state index is -0.0604. The van der Waals surface area contributed by atoms with E-state index in [1.807, 2.05) is 31.3 Å². The third-order valence-electron chi connectivity index (χ3n) is 4.17. The van der Waals surface area contributed by atoms with Gasteiger partial charge in [0, 0.05) is 23.6 Å². The molecule has 2 aromatic rings. The molecule has 0 aliphatic rings. The van der Waals surface area contributed by atoms with Crippen molar-refractivity contribution in [1.82, 2.24) is 10.2 Å². The Bertz CT molecular complexity index is 630. The van der Waals surface area contributed by atoms with E-state index in [1.54, 1.807) is 0 Å². The lowest BCUT2D eigenvalue weighted by Gasteiger charge is -2.21. The molecule has 0 radical (unpaired) electrons. The zero-order valence-corrected chi connectivity index (χ0v) is 16.2. The Hall–Kier alpha value is -1.55. The molecule has 0 heterocycles. The normalized spacial score (nSPS) is 12.4. The van der Waals surface area contributed by atoms with Gasteiger partial charge in [-0.25, -0.2) is 0 Å². The lowest BCUT2D eigenvalue weighted by Crippen LogP contribution is -2.18. The first-order valence-corrected chi connectivity index (χ1v) is 9.35. The highest BCUT2D eigenvalue weighted by Gasteiger charge is 2.16. The van der Waals surface area contributed by atoms with Gasteiger partial charge in [0.05, 0.1) is 0 Å². The van der Waals surface area contributed by atoms with E-state index >= 15 is 0 Å². The van der Waals surface area contributed by atoms with Crippen molar-refractivity contribution in [2.75, 3.05) is 27.2 Å². The molecule has 136 valence electrons. The van der Waals surface area contributed by atoms with E-state index in [1.165, 1.54) is 12.0 Å². The Labute approximate surface area is 156 Å². The molecule has 1 unspecified atom stereocenters. The number of ether oxygens (including phenoxy) is 1. The second-order valence-corrected chi connectivity index (χ2v) is 6.81. The van der Waals surface area contributed by atoms with Crippen molar-refractivity contribution in [1.29, 1.82) is 0 Å². The van der Waals surface area contributed by atoms with Crippen molar-refractivity contribution in [3.8, 4) is 5.75 Å². The van der Waals surface area contributed by atoms with Crippen LogP contribution in [-0.2, 0) is 6.54 Å². The van der Waals surface area contributed by atoms with E-state index in [0.717, 1.165) is 42.4 Å². The maximum absolute atomic E-state index is 6.37. The zero-order valence-electron chi connectivity index (χ0n) is 15.5. The van der Waals surface area contributed by atoms with E-state index < -0.39 is 0 Å². The van der Waals surface area contributed by atoms with Crippen LogP contribution in [0.15, 0.2) is 48.5 Å². The van der Waals surface area contributed by atoms with Gasteiger partial charge >= 0.3 is 0 Å². The molecular weight excluding hydrogens is 332 g/mol. The summed E-state index contributed by atoms with van der Waals surface area (Å²) in [6.07, 6.45) is 1.97. The lowest BCUT2D eigenvalue weighted by atomic mass is 10.1. The van der Waals surface area contributed by atoms with Crippen molar-refractivity contribution in [3.63, 3.8) is 0 Å². The largest absolute Gasteiger partial charge is 0.486 e. The van der Waals surface area contributed by atoms with E-state index in [0.29, 0.717) is 0 Å². The van der Waals surface area contributed by atoms with Gasteiger partial charge in [-0.1, -0.05) is 48.9 Å². The summed E-state index contributed by atoms with van der Waals surface area (Å²) in [5.41, 5.74) is 2.33. The summed E-state index contributed by atoms with van der Waals surface area (Å²) in [5.74, 6) is 0.878. The number of hydrogen-bond acceptors (Lipinski definition) is 3. The topological polar surface area (TPSA) is 24.5 Å². The highest BCUT2D eigenvalue weighted by atomic mass is 35.5. The summed E-state index contributed by atoms with van der Waals surface area (Å²) >= 11 is 6.37. The molecule has 0 amide bonds. The number of benzene rings is 2. The lowest BCUT2D eigenvalue weighted by molar-refractivity contribution is 0.195. The zero-order chi connectivity index (χ0) is 18.1. The van der Waals surface area contributed by atoms with Gasteiger partial charge in [0.15, 0.2) is 0 Å². The number of halogens is 1. The summed E-state index contributed by atoms with van der Waals surface area (Å²) in [6.45, 7) is 5.14. The molecule has 2 aromatic carbocycles. The van der Waals surface area contributed by atoms with Crippen molar-refractivity contribution >= 4 is 11.6 Å². The standard InChI is InChI=1S/C21H29ClN2O/c1-4-15-24(3)16-17-9-11-18(12-10-17)25-21(13-14-23-2)19-7-5-6-8-20(19)22/h5-12,21,23H,4,13-16H2,1-3H3. The second kappa shape index (κ2) is 10.4. The molecule has 0 aromatic heterocycles. The highest BCUT2D eigenvalue weighted by molar-refractivity contribution is 6.31. The van der Waals surface area contributed by atoms with E-state index in [-0.39, 0.29) is 6.10 Å². The Balaban J connectivity index is 2.07. The van der Waals surface area contributed by atoms with Crippen LogP contribution in [0.1, 0.15) is 37.0 Å². The molecule has 0 aliphatic carbocycles. The summed E-state index contributed by atoms with van der Waals surface area (Å²) in [5, 5.41) is 3.94. The second-order valence-electron chi connectivity index (χ2n) is 6.40. The fraction of sp³-hybridized carbons (Fsp3) is 0.429. The smallest absolute Gasteiger partial charge is 0.126 e. The first-order chi connectivity index (χ1) is 12.1. The van der Waals surface area contributed by atoms with E-state index in [4.69, 9.17) is 16.3 Å². The van der Waals surface area contributed by atoms with Crippen molar-refractivity contribution in [2.45, 2.75) is 32.4 Å². The third-order valence-corrected chi connectivity index (χ3v) is 4.51. The van der Waals surface area contributed by atoms with Gasteiger partial charge < -0.3 is 15.0 Å². The molecule has 25 heavy (non-hydrogen) atoms. The van der Waals surface area contributed by atoms with Crippen molar-refractivity contribution in [3.05, 3.63) is 64.7 Å². The maximum atomic E-state index is 6.37. The van der Waals surface area contributed by atoms with Crippen LogP contribution >= 0.6 is 11.6 Å². The summed E-state index contributed by atoms with van der Waals surface area (Å²) in [6, 6.07) is 16.3. The molecule has 0 bridgehead atoms. The summed E-state index contributed by atoms with van der Waals surface area (Å²) in [7, 11) is 4.10. The van der Waals surface area contributed by atoms with Crippen LogP contribution in [-0.4, -0.2) is 32.1 Å².